The van der Waals surface area contributed by atoms with Crippen molar-refractivity contribution < 1.29 is 72.5 Å². The molecule has 15 atom stereocenters. The number of hydrogen-bond acceptors (Lipinski definition) is 17. The summed E-state index contributed by atoms with van der Waals surface area (Å²) >= 11 is 0. The van der Waals surface area contributed by atoms with Crippen LogP contribution in [0, 0.1) is 17.8 Å². The molecule has 0 unspecified atom stereocenters. The van der Waals surface area contributed by atoms with Gasteiger partial charge in [-0.1, -0.05) is 91.1 Å². The summed E-state index contributed by atoms with van der Waals surface area (Å²) in [6.45, 7) is 12.2. The lowest BCUT2D eigenvalue weighted by molar-refractivity contribution is -0.157. The number of cyclic esters (lactones) is 1. The second-order valence-corrected chi connectivity index (χ2v) is 20.8. The van der Waals surface area contributed by atoms with Crippen LogP contribution in [0.1, 0.15) is 113 Å². The summed E-state index contributed by atoms with van der Waals surface area (Å²) in [5.74, 6) is -12.4. The SMILES string of the molecule is CC[C@H](C)[C@H](NC(=O)[C@@H](C)NC(=O)[C@@H](CCC(N)=O)NC(=O)[C@H](CO)NC(=O)[C@@H](NC(=O)[C@@H](Cc1ccccc1)NC)[C@@H](C)CC)C(=O)N[C@@H](CO)C(=O)N[C@H]1C(=O)N[C@@H](C)C(=O)N[C@@H](CCCN)C(=O)N[C@@H]([C@@H](C)CC)C(=O)O[C@H]1C. The van der Waals surface area contributed by atoms with E-state index in [1.807, 2.05) is 30.3 Å². The number of esters is 1. The van der Waals surface area contributed by atoms with E-state index in [9.17, 15) is 67.7 Å². The van der Waals surface area contributed by atoms with E-state index in [0.29, 0.717) is 25.7 Å². The molecule has 28 heteroatoms. The molecule has 0 aromatic heterocycles. The summed E-state index contributed by atoms with van der Waals surface area (Å²) in [6.07, 6.45) is -0.502. The predicted molar refractivity (Wildman–Crippen MR) is 298 cm³/mol. The number of hydrogen-bond donors (Lipinski definition) is 15. The van der Waals surface area contributed by atoms with Crippen LogP contribution in [0.15, 0.2) is 30.3 Å². The highest BCUT2D eigenvalue weighted by atomic mass is 16.5. The van der Waals surface area contributed by atoms with Gasteiger partial charge in [0.05, 0.1) is 19.3 Å². The third kappa shape index (κ3) is 22.2. The molecule has 0 saturated carbocycles. The number of nitrogens with two attached hydrogens (primary N) is 2. The number of aliphatic hydroxyl groups is 2. The van der Waals surface area contributed by atoms with Gasteiger partial charge in [0.1, 0.15) is 66.5 Å². The van der Waals surface area contributed by atoms with E-state index in [1.54, 1.807) is 48.6 Å². The Bertz CT molecular complexity index is 2350. The lowest BCUT2D eigenvalue weighted by Crippen LogP contribution is -2.63. The first-order valence-electron chi connectivity index (χ1n) is 27.9. The van der Waals surface area contributed by atoms with Crippen LogP contribution < -0.4 is 70.0 Å². The zero-order valence-electron chi connectivity index (χ0n) is 48.7. The Labute approximate surface area is 478 Å². The van der Waals surface area contributed by atoms with Gasteiger partial charge in [-0.15, -0.1) is 0 Å². The van der Waals surface area contributed by atoms with Crippen LogP contribution in [-0.2, 0) is 68.7 Å². The van der Waals surface area contributed by atoms with E-state index in [1.165, 1.54) is 20.8 Å². The van der Waals surface area contributed by atoms with Crippen molar-refractivity contribution in [3.63, 3.8) is 0 Å². The number of benzene rings is 1. The first-order chi connectivity index (χ1) is 38.7. The molecule has 1 aliphatic rings. The van der Waals surface area contributed by atoms with E-state index < -0.39 is 187 Å². The van der Waals surface area contributed by atoms with Crippen LogP contribution in [0.3, 0.4) is 0 Å². The summed E-state index contributed by atoms with van der Waals surface area (Å²) < 4.78 is 5.66. The molecule has 1 saturated heterocycles. The lowest BCUT2D eigenvalue weighted by atomic mass is 9.96. The van der Waals surface area contributed by atoms with Crippen LogP contribution in [0.5, 0.6) is 0 Å². The maximum Gasteiger partial charge on any atom is 0.329 e. The molecule has 11 amide bonds. The van der Waals surface area contributed by atoms with Gasteiger partial charge in [-0.25, -0.2) is 4.79 Å². The molecular formula is C54H89N13O15. The maximum atomic E-state index is 14.0. The lowest BCUT2D eigenvalue weighted by Gasteiger charge is -2.30. The zero-order valence-corrected chi connectivity index (χ0v) is 48.7. The average Bonchev–Trinajstić information content (AvgIpc) is 3.45. The number of carbonyl (C=O) groups excluding carboxylic acids is 12. The summed E-state index contributed by atoms with van der Waals surface area (Å²) in [6, 6.07) is -6.13. The van der Waals surface area contributed by atoms with Crippen molar-refractivity contribution in [2.24, 2.45) is 29.2 Å². The molecule has 0 bridgehead atoms. The minimum absolute atomic E-state index is 0.108. The van der Waals surface area contributed by atoms with Gasteiger partial charge in [0, 0.05) is 6.42 Å². The van der Waals surface area contributed by atoms with Gasteiger partial charge in [-0.05, 0) is 83.4 Å². The second-order valence-electron chi connectivity index (χ2n) is 20.8. The smallest absolute Gasteiger partial charge is 0.329 e. The Morgan fingerprint density at radius 1 is 0.634 bits per heavy atom. The van der Waals surface area contributed by atoms with Gasteiger partial charge in [0.25, 0.3) is 0 Å². The standard InChI is InChI=1S/C54H89N13O15/c1-11-27(4)40(51(78)63-38(26-69)50(77)67-43-32(9)82-54(81)42(29(6)13-3)66-47(74)34(20-17-23-55)60-44(71)30(7)59-53(43)80)64-45(72)31(8)58-46(73)35(21-22-39(56)70)61-49(76)37(25-68)62-52(79)41(28(5)12-2)65-48(75)36(57-10)24-33-18-15-14-16-19-33/h14-16,18-19,27-32,34-38,40-43,57,68-69H,11-13,17,20-26,55H2,1-10H3,(H2,56,70)(H,58,73)(H,59,80)(H,60,71)(H,61,76)(H,62,79)(H,63,78)(H,64,72)(H,65,75)(H,66,74)(H,67,77)/t27-,28-,29-,30-,31+,32-,34-,35+,36+,37-,38-,40-,41-,42-,43+/m0/s1. The first-order valence-corrected chi connectivity index (χ1v) is 27.9. The van der Waals surface area contributed by atoms with Crippen molar-refractivity contribution in [2.45, 2.75) is 186 Å². The van der Waals surface area contributed by atoms with E-state index in [-0.39, 0.29) is 19.4 Å². The fourth-order valence-electron chi connectivity index (χ4n) is 8.38. The fraction of sp³-hybridized carbons (Fsp3) is 0.667. The molecule has 28 nitrogen and oxygen atoms in total. The summed E-state index contributed by atoms with van der Waals surface area (Å²) in [5, 5.41) is 48.5. The maximum absolute atomic E-state index is 14.0. The van der Waals surface area contributed by atoms with Crippen molar-refractivity contribution >= 4 is 70.9 Å². The number of likely N-dealkylation sites (N-methyl/N-ethyl adjacent to an activating group) is 1. The minimum atomic E-state index is -1.80. The van der Waals surface area contributed by atoms with Crippen LogP contribution in [0.4, 0.5) is 0 Å². The van der Waals surface area contributed by atoms with Crippen LogP contribution in [-0.4, -0.2) is 181 Å². The van der Waals surface area contributed by atoms with Crippen molar-refractivity contribution in [3.8, 4) is 0 Å². The molecule has 1 aromatic carbocycles. The molecule has 460 valence electrons. The number of aliphatic hydroxyl groups excluding tert-OH is 2. The topological polar surface area (TPSA) is 439 Å². The quantitative estimate of drug-likeness (QED) is 0.0313. The van der Waals surface area contributed by atoms with Crippen LogP contribution >= 0.6 is 0 Å². The third-order valence-electron chi connectivity index (χ3n) is 14.4. The van der Waals surface area contributed by atoms with E-state index >= 15 is 0 Å². The molecular weight excluding hydrogens is 1070 g/mol. The average molecular weight is 1160 g/mol. The molecule has 1 aliphatic heterocycles. The second kappa shape index (κ2) is 35.5. The Morgan fingerprint density at radius 2 is 1.16 bits per heavy atom. The normalized spacial score (nSPS) is 21.4. The molecule has 0 radical (unpaired) electrons. The van der Waals surface area contributed by atoms with Gasteiger partial charge >= 0.3 is 5.97 Å². The van der Waals surface area contributed by atoms with Crippen molar-refractivity contribution in [2.75, 3.05) is 26.8 Å². The van der Waals surface area contributed by atoms with Gasteiger partial charge in [-0.3, -0.25) is 52.7 Å². The molecule has 1 fully saturated rings. The van der Waals surface area contributed by atoms with Gasteiger partial charge < -0.3 is 84.9 Å². The number of amides is 11. The highest BCUT2D eigenvalue weighted by molar-refractivity contribution is 5.99. The molecule has 1 heterocycles. The van der Waals surface area contributed by atoms with Crippen molar-refractivity contribution in [1.82, 2.24) is 58.5 Å². The zero-order chi connectivity index (χ0) is 62.0. The largest absolute Gasteiger partial charge is 0.458 e. The first kappa shape index (κ1) is 70.8. The van der Waals surface area contributed by atoms with Crippen molar-refractivity contribution in [3.05, 3.63) is 35.9 Å². The van der Waals surface area contributed by atoms with Crippen molar-refractivity contribution in [1.29, 1.82) is 0 Å². The molecule has 1 aromatic rings. The number of carbonyl (C=O) groups is 12. The van der Waals surface area contributed by atoms with Gasteiger partial charge in [-0.2, -0.15) is 0 Å². The highest BCUT2D eigenvalue weighted by Gasteiger charge is 2.40. The predicted octanol–water partition coefficient (Wildman–Crippen LogP) is -4.22. The third-order valence-corrected chi connectivity index (χ3v) is 14.4. The Hall–Kier alpha value is -7.30. The highest BCUT2D eigenvalue weighted by Crippen LogP contribution is 2.16. The monoisotopic (exact) mass is 1160 g/mol. The Balaban J connectivity index is 2.30. The molecule has 17 N–H and O–H groups in total. The fourth-order valence-corrected chi connectivity index (χ4v) is 8.38. The minimum Gasteiger partial charge on any atom is -0.458 e. The van der Waals surface area contributed by atoms with Gasteiger partial charge in [0.2, 0.25) is 65.0 Å². The Kier molecular flexibility index (Phi) is 30.7. The summed E-state index contributed by atoms with van der Waals surface area (Å²) in [4.78, 5) is 162. The number of primary amides is 1. The van der Waals surface area contributed by atoms with E-state index in [4.69, 9.17) is 16.2 Å². The molecule has 0 spiro atoms. The van der Waals surface area contributed by atoms with Crippen LogP contribution in [0.2, 0.25) is 0 Å². The molecule has 82 heavy (non-hydrogen) atoms. The summed E-state index contributed by atoms with van der Waals surface area (Å²) in [7, 11) is 1.59. The van der Waals surface area contributed by atoms with E-state index in [2.05, 4.69) is 58.5 Å². The number of ether oxygens (including phenoxy) is 1. The molecule has 2 rings (SSSR count). The van der Waals surface area contributed by atoms with Crippen LogP contribution in [0.25, 0.3) is 0 Å². The summed E-state index contributed by atoms with van der Waals surface area (Å²) in [5.41, 5.74) is 11.9. The van der Waals surface area contributed by atoms with Gasteiger partial charge in [0.15, 0.2) is 0 Å². The number of rotatable bonds is 31. The Morgan fingerprint density at radius 3 is 1.67 bits per heavy atom. The number of nitrogens with one attached hydrogen (secondary N) is 11. The molecule has 0 aliphatic carbocycles. The van der Waals surface area contributed by atoms with E-state index in [0.717, 1.165) is 5.56 Å².